The fourth-order valence-electron chi connectivity index (χ4n) is 1.88. The fraction of sp³-hybridized carbons (Fsp3) is 0.308. The van der Waals surface area contributed by atoms with Crippen molar-refractivity contribution in [1.29, 1.82) is 0 Å². The van der Waals surface area contributed by atoms with Gasteiger partial charge < -0.3 is 5.32 Å². The first kappa shape index (κ1) is 10.9. The number of benzene rings is 1. The molecule has 0 aliphatic rings. The van der Waals surface area contributed by atoms with E-state index in [-0.39, 0.29) is 0 Å². The fourth-order valence-corrected chi connectivity index (χ4v) is 1.88. The van der Waals surface area contributed by atoms with Gasteiger partial charge in [-0.3, -0.25) is 5.10 Å². The lowest BCUT2D eigenvalue weighted by Gasteiger charge is -2.03. The van der Waals surface area contributed by atoms with E-state index in [2.05, 4.69) is 47.6 Å². The van der Waals surface area contributed by atoms with E-state index in [0.717, 1.165) is 17.9 Å². The minimum atomic E-state index is 0.824. The summed E-state index contributed by atoms with van der Waals surface area (Å²) in [6, 6.07) is 8.33. The zero-order chi connectivity index (χ0) is 11.5. The molecule has 0 bridgehead atoms. The highest BCUT2D eigenvalue weighted by Crippen LogP contribution is 2.25. The van der Waals surface area contributed by atoms with Crippen molar-refractivity contribution in [1.82, 2.24) is 15.5 Å². The van der Waals surface area contributed by atoms with Crippen LogP contribution >= 0.6 is 0 Å². The second-order valence-corrected chi connectivity index (χ2v) is 4.02. The summed E-state index contributed by atoms with van der Waals surface area (Å²) in [5, 5.41) is 10.6. The van der Waals surface area contributed by atoms with E-state index in [4.69, 9.17) is 0 Å². The molecule has 2 aromatic rings. The number of aryl methyl sites for hydroxylation is 1. The molecule has 0 aliphatic carbocycles. The average molecular weight is 215 g/mol. The molecule has 3 heteroatoms. The lowest BCUT2D eigenvalue weighted by Crippen LogP contribution is -2.06. The Morgan fingerprint density at radius 3 is 2.69 bits per heavy atom. The van der Waals surface area contributed by atoms with Gasteiger partial charge in [0.05, 0.1) is 11.4 Å². The van der Waals surface area contributed by atoms with Crippen LogP contribution in [0.3, 0.4) is 0 Å². The minimum absolute atomic E-state index is 0.824. The lowest BCUT2D eigenvalue weighted by molar-refractivity contribution is 0.779. The molecule has 0 unspecified atom stereocenters. The third-order valence-corrected chi connectivity index (χ3v) is 2.86. The molecule has 0 spiro atoms. The first-order valence-electron chi connectivity index (χ1n) is 5.48. The monoisotopic (exact) mass is 215 g/mol. The summed E-state index contributed by atoms with van der Waals surface area (Å²) in [4.78, 5) is 0. The van der Waals surface area contributed by atoms with Gasteiger partial charge in [0.25, 0.3) is 0 Å². The van der Waals surface area contributed by atoms with Gasteiger partial charge >= 0.3 is 0 Å². The van der Waals surface area contributed by atoms with Crippen LogP contribution in [-0.2, 0) is 6.54 Å². The molecule has 0 amide bonds. The molecule has 0 radical (unpaired) electrons. The lowest BCUT2D eigenvalue weighted by atomic mass is 10.0. The van der Waals surface area contributed by atoms with Crippen molar-refractivity contribution in [2.45, 2.75) is 20.4 Å². The zero-order valence-electron chi connectivity index (χ0n) is 9.96. The Morgan fingerprint density at radius 2 is 2.00 bits per heavy atom. The van der Waals surface area contributed by atoms with Crippen LogP contribution in [0, 0.1) is 13.8 Å². The van der Waals surface area contributed by atoms with Crippen LogP contribution in [-0.4, -0.2) is 17.2 Å². The van der Waals surface area contributed by atoms with Gasteiger partial charge in [0.15, 0.2) is 0 Å². The summed E-state index contributed by atoms with van der Waals surface area (Å²) in [7, 11) is 1.94. The second-order valence-electron chi connectivity index (χ2n) is 4.02. The van der Waals surface area contributed by atoms with E-state index in [0.29, 0.717) is 0 Å². The van der Waals surface area contributed by atoms with Gasteiger partial charge in [0.1, 0.15) is 0 Å². The van der Waals surface area contributed by atoms with Crippen LogP contribution in [0.25, 0.3) is 11.3 Å². The van der Waals surface area contributed by atoms with Crippen LogP contribution in [0.2, 0.25) is 0 Å². The molecule has 84 valence electrons. The first-order valence-corrected chi connectivity index (χ1v) is 5.48. The van der Waals surface area contributed by atoms with E-state index in [1.54, 1.807) is 0 Å². The Kier molecular flexibility index (Phi) is 3.06. The highest BCUT2D eigenvalue weighted by atomic mass is 15.1. The van der Waals surface area contributed by atoms with Crippen molar-refractivity contribution < 1.29 is 0 Å². The molecular formula is C13H17N3. The van der Waals surface area contributed by atoms with Crippen LogP contribution in [0.1, 0.15) is 16.8 Å². The number of rotatable bonds is 3. The number of aromatic nitrogens is 2. The molecule has 0 atom stereocenters. The molecular weight excluding hydrogens is 198 g/mol. The van der Waals surface area contributed by atoms with Gasteiger partial charge in [-0.05, 0) is 32.0 Å². The highest BCUT2D eigenvalue weighted by Gasteiger charge is 2.11. The quantitative estimate of drug-likeness (QED) is 0.825. The average Bonchev–Trinajstić information content (AvgIpc) is 2.62. The molecule has 0 aliphatic heterocycles. The normalized spacial score (nSPS) is 10.7. The molecule has 16 heavy (non-hydrogen) atoms. The molecule has 3 nitrogen and oxygen atoms in total. The van der Waals surface area contributed by atoms with Crippen LogP contribution < -0.4 is 5.32 Å². The molecule has 0 saturated carbocycles. The molecule has 2 N–H and O–H groups in total. The van der Waals surface area contributed by atoms with Gasteiger partial charge in [-0.1, -0.05) is 24.3 Å². The number of hydrogen-bond acceptors (Lipinski definition) is 2. The van der Waals surface area contributed by atoms with Crippen molar-refractivity contribution in [3.63, 3.8) is 0 Å². The van der Waals surface area contributed by atoms with Gasteiger partial charge in [-0.2, -0.15) is 5.10 Å². The predicted octanol–water partition coefficient (Wildman–Crippen LogP) is 2.41. The Balaban J connectivity index is 2.45. The van der Waals surface area contributed by atoms with Gasteiger partial charge in [0, 0.05) is 12.1 Å². The van der Waals surface area contributed by atoms with Crippen LogP contribution in [0.4, 0.5) is 0 Å². The molecule has 0 fully saturated rings. The smallest absolute Gasteiger partial charge is 0.0955 e. The number of nitrogens with one attached hydrogen (secondary N) is 2. The summed E-state index contributed by atoms with van der Waals surface area (Å²) in [5.74, 6) is 0. The molecule has 2 rings (SSSR count). The summed E-state index contributed by atoms with van der Waals surface area (Å²) < 4.78 is 0. The Bertz CT molecular complexity index is 486. The molecule has 1 heterocycles. The van der Waals surface area contributed by atoms with Crippen molar-refractivity contribution in [2.75, 3.05) is 7.05 Å². The number of hydrogen-bond donors (Lipinski definition) is 2. The molecule has 0 saturated heterocycles. The number of nitrogens with zero attached hydrogens (tertiary/aromatic N) is 1. The van der Waals surface area contributed by atoms with Gasteiger partial charge in [-0.25, -0.2) is 0 Å². The van der Waals surface area contributed by atoms with E-state index in [1.807, 2.05) is 13.1 Å². The minimum Gasteiger partial charge on any atom is -0.314 e. The maximum atomic E-state index is 4.40. The largest absolute Gasteiger partial charge is 0.314 e. The third-order valence-electron chi connectivity index (χ3n) is 2.86. The van der Waals surface area contributed by atoms with E-state index in [9.17, 15) is 0 Å². The van der Waals surface area contributed by atoms with Gasteiger partial charge in [-0.15, -0.1) is 0 Å². The van der Waals surface area contributed by atoms with Crippen molar-refractivity contribution in [3.05, 3.63) is 41.1 Å². The van der Waals surface area contributed by atoms with E-state index < -0.39 is 0 Å². The Labute approximate surface area is 95.9 Å². The van der Waals surface area contributed by atoms with Crippen molar-refractivity contribution in [2.24, 2.45) is 0 Å². The third kappa shape index (κ3) is 1.86. The SMILES string of the molecule is CNCc1[nH]nc(-c2ccccc2C)c1C. The van der Waals surface area contributed by atoms with E-state index >= 15 is 0 Å². The Morgan fingerprint density at radius 1 is 1.25 bits per heavy atom. The molecule has 1 aromatic heterocycles. The summed E-state index contributed by atoms with van der Waals surface area (Å²) in [6.45, 7) is 5.05. The van der Waals surface area contributed by atoms with Crippen molar-refractivity contribution in [3.8, 4) is 11.3 Å². The maximum Gasteiger partial charge on any atom is 0.0955 e. The number of H-pyrrole nitrogens is 1. The van der Waals surface area contributed by atoms with Crippen LogP contribution in [0.5, 0.6) is 0 Å². The standard InChI is InChI=1S/C13H17N3/c1-9-6-4-5-7-11(9)13-10(2)12(8-14-3)15-16-13/h4-7,14H,8H2,1-3H3,(H,15,16). The van der Waals surface area contributed by atoms with Gasteiger partial charge in [0.2, 0.25) is 0 Å². The summed E-state index contributed by atoms with van der Waals surface area (Å²) in [6.07, 6.45) is 0. The summed E-state index contributed by atoms with van der Waals surface area (Å²) >= 11 is 0. The summed E-state index contributed by atoms with van der Waals surface area (Å²) in [5.41, 5.74) is 5.90. The topological polar surface area (TPSA) is 40.7 Å². The maximum absolute atomic E-state index is 4.40. The highest BCUT2D eigenvalue weighted by molar-refractivity contribution is 5.67. The number of aromatic amines is 1. The zero-order valence-corrected chi connectivity index (χ0v) is 9.96. The second kappa shape index (κ2) is 4.49. The Hall–Kier alpha value is -1.61. The predicted molar refractivity (Wildman–Crippen MR) is 66.3 cm³/mol. The van der Waals surface area contributed by atoms with Crippen LogP contribution in [0.15, 0.2) is 24.3 Å². The van der Waals surface area contributed by atoms with Crippen molar-refractivity contribution >= 4 is 0 Å². The van der Waals surface area contributed by atoms with E-state index in [1.165, 1.54) is 16.7 Å². The first-order chi connectivity index (χ1) is 7.74. The molecule has 1 aromatic carbocycles.